The van der Waals surface area contributed by atoms with Crippen LogP contribution < -0.4 is 0 Å². The number of aliphatic imine (C=N–C) groups is 4. The minimum atomic E-state index is -0.362. The second kappa shape index (κ2) is 12.0. The normalized spacial score (nSPS) is 23.2. The Kier molecular flexibility index (Phi) is 11.2. The van der Waals surface area contributed by atoms with Crippen molar-refractivity contribution in [1.29, 1.82) is 0 Å². The van der Waals surface area contributed by atoms with Crippen molar-refractivity contribution in [2.45, 2.75) is 34.1 Å². The zero-order chi connectivity index (χ0) is 17.2. The first-order chi connectivity index (χ1) is 10.9. The standard InChI is InChI=1S/C17H26N4O2.Ni/c1-12-16(14(3)22)10-18-8-9-19-11-17(15(4)23)13(2)21-7-5-6-20-12;/h10-11,16-17H,5-9H2,1-4H3;. The third-order valence-electron chi connectivity index (χ3n) is 3.68. The summed E-state index contributed by atoms with van der Waals surface area (Å²) in [5.74, 6) is -0.653. The fraction of sp³-hybridized carbons (Fsp3) is 0.647. The fourth-order valence-electron chi connectivity index (χ4n) is 2.27. The first-order valence-corrected chi connectivity index (χ1v) is 7.96. The SMILES string of the molecule is CC(=O)C1C=NCCN=CC(C(C)=O)C(C)=NCCCN=C1C.[Ni]. The molecule has 2 unspecified atom stereocenters. The van der Waals surface area contributed by atoms with Crippen molar-refractivity contribution in [1.82, 2.24) is 0 Å². The van der Waals surface area contributed by atoms with Gasteiger partial charge in [0.15, 0.2) is 0 Å². The van der Waals surface area contributed by atoms with Crippen molar-refractivity contribution in [3.63, 3.8) is 0 Å². The van der Waals surface area contributed by atoms with Gasteiger partial charge in [0.05, 0.1) is 24.9 Å². The summed E-state index contributed by atoms with van der Waals surface area (Å²) >= 11 is 0. The summed E-state index contributed by atoms with van der Waals surface area (Å²) in [6.45, 7) is 8.99. The first-order valence-electron chi connectivity index (χ1n) is 7.96. The third kappa shape index (κ3) is 7.87. The Bertz CT molecular complexity index is 505. The van der Waals surface area contributed by atoms with Crippen LogP contribution in [-0.2, 0) is 26.1 Å². The van der Waals surface area contributed by atoms with Gasteiger partial charge in [-0.05, 0) is 34.1 Å². The van der Waals surface area contributed by atoms with E-state index in [4.69, 9.17) is 0 Å². The molecule has 0 saturated carbocycles. The van der Waals surface area contributed by atoms with E-state index in [1.54, 1.807) is 26.3 Å². The van der Waals surface area contributed by atoms with E-state index in [9.17, 15) is 9.59 Å². The Hall–Kier alpha value is -1.49. The minimum absolute atomic E-state index is 0. The molecule has 136 valence electrons. The second-order valence-corrected chi connectivity index (χ2v) is 5.69. The average molecular weight is 377 g/mol. The molecule has 0 bridgehead atoms. The molecule has 1 heterocycles. The third-order valence-corrected chi connectivity index (χ3v) is 3.68. The molecule has 0 spiro atoms. The largest absolute Gasteiger partial charge is 0.299 e. The van der Waals surface area contributed by atoms with Crippen molar-refractivity contribution in [2.75, 3.05) is 26.2 Å². The van der Waals surface area contributed by atoms with Gasteiger partial charge in [-0.3, -0.25) is 29.6 Å². The van der Waals surface area contributed by atoms with Gasteiger partial charge in [0.2, 0.25) is 0 Å². The maximum absolute atomic E-state index is 11.7. The summed E-state index contributed by atoms with van der Waals surface area (Å²) in [4.78, 5) is 40.9. The fourth-order valence-corrected chi connectivity index (χ4v) is 2.27. The van der Waals surface area contributed by atoms with Gasteiger partial charge in [0, 0.05) is 53.4 Å². The molecule has 1 aliphatic heterocycles. The molecule has 0 aliphatic carbocycles. The quantitative estimate of drug-likeness (QED) is 0.689. The Balaban J connectivity index is 0.00000529. The van der Waals surface area contributed by atoms with Crippen LogP contribution in [0.3, 0.4) is 0 Å². The number of carbonyl (C=O) groups excluding carboxylic acids is 2. The Morgan fingerprint density at radius 2 is 1.21 bits per heavy atom. The van der Waals surface area contributed by atoms with Gasteiger partial charge in [-0.1, -0.05) is 0 Å². The van der Waals surface area contributed by atoms with Gasteiger partial charge in [0.25, 0.3) is 0 Å². The maximum Gasteiger partial charge on any atom is 0.143 e. The van der Waals surface area contributed by atoms with Crippen molar-refractivity contribution < 1.29 is 26.1 Å². The Morgan fingerprint density at radius 1 is 0.833 bits per heavy atom. The Morgan fingerprint density at radius 3 is 1.54 bits per heavy atom. The number of carbonyl (C=O) groups is 2. The van der Waals surface area contributed by atoms with Crippen LogP contribution in [0.5, 0.6) is 0 Å². The van der Waals surface area contributed by atoms with Crippen molar-refractivity contribution in [3.8, 4) is 0 Å². The molecule has 1 aliphatic rings. The van der Waals surface area contributed by atoms with Crippen LogP contribution in [0.2, 0.25) is 0 Å². The first kappa shape index (κ1) is 22.5. The van der Waals surface area contributed by atoms with E-state index >= 15 is 0 Å². The van der Waals surface area contributed by atoms with Crippen molar-refractivity contribution in [3.05, 3.63) is 0 Å². The van der Waals surface area contributed by atoms with Crippen molar-refractivity contribution in [2.24, 2.45) is 31.8 Å². The molecule has 0 saturated heterocycles. The molecule has 0 aromatic carbocycles. The molecule has 0 aromatic rings. The van der Waals surface area contributed by atoms with E-state index in [-0.39, 0.29) is 39.9 Å². The van der Waals surface area contributed by atoms with Gasteiger partial charge >= 0.3 is 0 Å². The van der Waals surface area contributed by atoms with E-state index in [0.717, 1.165) is 17.8 Å². The predicted octanol–water partition coefficient (Wildman–Crippen LogP) is 1.86. The zero-order valence-electron chi connectivity index (χ0n) is 14.8. The molecule has 0 N–H and O–H groups in total. The van der Waals surface area contributed by atoms with E-state index in [2.05, 4.69) is 20.0 Å². The van der Waals surface area contributed by atoms with E-state index in [0.29, 0.717) is 26.2 Å². The van der Waals surface area contributed by atoms with E-state index < -0.39 is 0 Å². The molecular formula is C17H26N4NiO2. The monoisotopic (exact) mass is 376 g/mol. The molecule has 2 atom stereocenters. The summed E-state index contributed by atoms with van der Waals surface area (Å²) in [5.41, 5.74) is 1.56. The van der Waals surface area contributed by atoms with E-state index in [1.165, 1.54) is 0 Å². The summed E-state index contributed by atoms with van der Waals surface area (Å²) in [6, 6.07) is 0. The van der Waals surface area contributed by atoms with Crippen LogP contribution in [0.25, 0.3) is 0 Å². The minimum Gasteiger partial charge on any atom is -0.299 e. The molecule has 1 rings (SSSR count). The van der Waals surface area contributed by atoms with Crippen LogP contribution in [0, 0.1) is 11.8 Å². The van der Waals surface area contributed by atoms with Gasteiger partial charge in [-0.25, -0.2) is 0 Å². The van der Waals surface area contributed by atoms with Crippen LogP contribution >= 0.6 is 0 Å². The number of Topliss-reactive ketones (excluding diaryl/α,β-unsaturated/α-hetero) is 2. The number of hydrogen-bond acceptors (Lipinski definition) is 6. The number of hydrogen-bond donors (Lipinski definition) is 0. The number of nitrogens with zero attached hydrogens (tertiary/aromatic N) is 4. The van der Waals surface area contributed by atoms with Crippen LogP contribution in [-0.4, -0.2) is 61.6 Å². The summed E-state index contributed by atoms with van der Waals surface area (Å²) in [7, 11) is 0. The smallest absolute Gasteiger partial charge is 0.143 e. The molecule has 0 radical (unpaired) electrons. The van der Waals surface area contributed by atoms with Gasteiger partial charge in [-0.15, -0.1) is 0 Å². The molecular weight excluding hydrogens is 351 g/mol. The molecule has 0 aromatic heterocycles. The number of ketones is 2. The van der Waals surface area contributed by atoms with Gasteiger partial charge in [0.1, 0.15) is 11.6 Å². The van der Waals surface area contributed by atoms with Gasteiger partial charge in [-0.2, -0.15) is 0 Å². The second-order valence-electron chi connectivity index (χ2n) is 5.69. The average Bonchev–Trinajstić information content (AvgIpc) is 2.48. The summed E-state index contributed by atoms with van der Waals surface area (Å²) in [6.07, 6.45) is 4.08. The topological polar surface area (TPSA) is 83.6 Å². The van der Waals surface area contributed by atoms with Crippen LogP contribution in [0.1, 0.15) is 34.1 Å². The molecule has 24 heavy (non-hydrogen) atoms. The molecule has 0 amide bonds. The van der Waals surface area contributed by atoms with Crippen LogP contribution in [0.4, 0.5) is 0 Å². The number of rotatable bonds is 2. The molecule has 0 fully saturated rings. The van der Waals surface area contributed by atoms with Crippen molar-refractivity contribution >= 4 is 35.4 Å². The molecule has 7 heteroatoms. The maximum atomic E-state index is 11.7. The summed E-state index contributed by atoms with van der Waals surface area (Å²) < 4.78 is 0. The summed E-state index contributed by atoms with van der Waals surface area (Å²) in [5, 5.41) is 0. The Labute approximate surface area is 154 Å². The molecule has 6 nitrogen and oxygen atoms in total. The van der Waals surface area contributed by atoms with Crippen LogP contribution in [0.15, 0.2) is 20.0 Å². The zero-order valence-corrected chi connectivity index (χ0v) is 15.8. The predicted molar refractivity (Wildman–Crippen MR) is 95.6 cm³/mol. The van der Waals surface area contributed by atoms with Gasteiger partial charge < -0.3 is 0 Å². The van der Waals surface area contributed by atoms with E-state index in [1.807, 2.05) is 13.8 Å².